The maximum absolute atomic E-state index is 12.0. The first-order valence-electron chi connectivity index (χ1n) is 5.54. The van der Waals surface area contributed by atoms with Crippen LogP contribution in [-0.4, -0.2) is 17.2 Å². The van der Waals surface area contributed by atoms with E-state index in [0.717, 1.165) is 5.56 Å². The van der Waals surface area contributed by atoms with E-state index in [1.807, 2.05) is 18.2 Å². The third-order valence-electron chi connectivity index (χ3n) is 2.51. The Morgan fingerprint density at radius 3 is 2.72 bits per heavy atom. The molecule has 0 spiro atoms. The van der Waals surface area contributed by atoms with E-state index in [4.69, 9.17) is 5.21 Å². The Hall–Kier alpha value is -2.49. The maximum Gasteiger partial charge on any atom is 0.227 e. The molecule has 0 saturated carbocycles. The Bertz CT molecular complexity index is 565. The minimum absolute atomic E-state index is 0.0405. The molecule has 4 heteroatoms. The molecule has 18 heavy (non-hydrogen) atoms. The lowest BCUT2D eigenvalue weighted by atomic mass is 10.1. The van der Waals surface area contributed by atoms with Crippen molar-refractivity contribution >= 4 is 12.0 Å². The van der Waals surface area contributed by atoms with Crippen molar-refractivity contribution in [2.24, 2.45) is 5.16 Å². The standard InChI is InChI=1S/C14H12N2O2/c17-14(13-6-2-1-3-7-13)11-16-8-4-5-12(10-16)9-15-18/h1-10H,11H2/p+1. The van der Waals surface area contributed by atoms with Gasteiger partial charge in [-0.3, -0.25) is 4.79 Å². The molecule has 0 atom stereocenters. The molecule has 0 fully saturated rings. The highest BCUT2D eigenvalue weighted by Crippen LogP contribution is 2.00. The van der Waals surface area contributed by atoms with Gasteiger partial charge in [0.15, 0.2) is 12.4 Å². The predicted molar refractivity (Wildman–Crippen MR) is 66.8 cm³/mol. The molecule has 2 aromatic rings. The molecular weight excluding hydrogens is 228 g/mol. The minimum atomic E-state index is 0.0405. The Morgan fingerprint density at radius 1 is 1.22 bits per heavy atom. The number of carbonyl (C=O) groups is 1. The van der Waals surface area contributed by atoms with Gasteiger partial charge in [0.1, 0.15) is 0 Å². The SMILES string of the molecule is O=C(C[n+]1cccc(C=NO)c1)c1ccccc1. The molecule has 0 bridgehead atoms. The molecule has 0 radical (unpaired) electrons. The van der Waals surface area contributed by atoms with E-state index in [9.17, 15) is 4.79 Å². The lowest BCUT2D eigenvalue weighted by Gasteiger charge is -1.98. The summed E-state index contributed by atoms with van der Waals surface area (Å²) in [7, 11) is 0. The van der Waals surface area contributed by atoms with E-state index >= 15 is 0 Å². The van der Waals surface area contributed by atoms with Crippen LogP contribution in [0.4, 0.5) is 0 Å². The molecule has 0 saturated heterocycles. The molecule has 1 aromatic carbocycles. The summed E-state index contributed by atoms with van der Waals surface area (Å²) in [6.45, 7) is 0.261. The Balaban J connectivity index is 2.14. The molecule has 90 valence electrons. The highest BCUT2D eigenvalue weighted by atomic mass is 16.4. The fourth-order valence-electron chi connectivity index (χ4n) is 1.66. The first kappa shape index (κ1) is 12.0. The van der Waals surface area contributed by atoms with Gasteiger partial charge in [-0.05, 0) is 6.07 Å². The van der Waals surface area contributed by atoms with Crippen molar-refractivity contribution in [3.63, 3.8) is 0 Å². The summed E-state index contributed by atoms with van der Waals surface area (Å²) in [6.07, 6.45) is 4.87. The number of hydrogen-bond donors (Lipinski definition) is 1. The van der Waals surface area contributed by atoms with Crippen molar-refractivity contribution in [3.8, 4) is 0 Å². The van der Waals surface area contributed by atoms with Gasteiger partial charge in [0, 0.05) is 11.6 Å². The number of hydrogen-bond acceptors (Lipinski definition) is 3. The van der Waals surface area contributed by atoms with Crippen LogP contribution >= 0.6 is 0 Å². The van der Waals surface area contributed by atoms with Gasteiger partial charge < -0.3 is 5.21 Å². The third kappa shape index (κ3) is 3.01. The maximum atomic E-state index is 12.0. The van der Waals surface area contributed by atoms with Crippen LogP contribution in [-0.2, 0) is 6.54 Å². The molecular formula is C14H13N2O2+. The van der Waals surface area contributed by atoms with E-state index in [-0.39, 0.29) is 12.3 Å². The molecule has 0 unspecified atom stereocenters. The second kappa shape index (κ2) is 5.72. The van der Waals surface area contributed by atoms with Gasteiger partial charge >= 0.3 is 0 Å². The Labute approximate surface area is 105 Å². The predicted octanol–water partition coefficient (Wildman–Crippen LogP) is 1.67. The first-order valence-corrected chi connectivity index (χ1v) is 5.54. The Kier molecular flexibility index (Phi) is 3.81. The Morgan fingerprint density at radius 2 is 2.00 bits per heavy atom. The number of rotatable bonds is 4. The summed E-state index contributed by atoms with van der Waals surface area (Å²) in [5.41, 5.74) is 1.42. The normalized spacial score (nSPS) is 10.7. The van der Waals surface area contributed by atoms with Crippen molar-refractivity contribution in [1.29, 1.82) is 0 Å². The lowest BCUT2D eigenvalue weighted by Crippen LogP contribution is -2.37. The van der Waals surface area contributed by atoms with Crippen LogP contribution < -0.4 is 4.57 Å². The zero-order chi connectivity index (χ0) is 12.8. The molecule has 1 heterocycles. The second-order valence-electron chi connectivity index (χ2n) is 3.84. The molecule has 0 aliphatic rings. The van der Waals surface area contributed by atoms with Crippen molar-refractivity contribution in [2.45, 2.75) is 6.54 Å². The van der Waals surface area contributed by atoms with E-state index in [2.05, 4.69) is 5.16 Å². The molecule has 1 aromatic heterocycles. The summed E-state index contributed by atoms with van der Waals surface area (Å²) in [4.78, 5) is 12.0. The largest absolute Gasteiger partial charge is 0.411 e. The van der Waals surface area contributed by atoms with Gasteiger partial charge in [0.05, 0.1) is 11.8 Å². The summed E-state index contributed by atoms with van der Waals surface area (Å²) in [6, 6.07) is 12.7. The van der Waals surface area contributed by atoms with Crippen LogP contribution in [0, 0.1) is 0 Å². The monoisotopic (exact) mass is 241 g/mol. The van der Waals surface area contributed by atoms with E-state index in [0.29, 0.717) is 5.56 Å². The van der Waals surface area contributed by atoms with E-state index in [1.165, 1.54) is 6.21 Å². The van der Waals surface area contributed by atoms with Gasteiger partial charge in [0.25, 0.3) is 0 Å². The van der Waals surface area contributed by atoms with E-state index < -0.39 is 0 Å². The number of nitrogens with zero attached hydrogens (tertiary/aromatic N) is 2. The number of ketones is 1. The smallest absolute Gasteiger partial charge is 0.227 e. The highest BCUT2D eigenvalue weighted by Gasteiger charge is 2.11. The van der Waals surface area contributed by atoms with Crippen molar-refractivity contribution in [2.75, 3.05) is 0 Å². The van der Waals surface area contributed by atoms with E-state index in [1.54, 1.807) is 41.2 Å². The molecule has 1 N–H and O–H groups in total. The van der Waals surface area contributed by atoms with Crippen LogP contribution in [0.1, 0.15) is 15.9 Å². The van der Waals surface area contributed by atoms with Crippen LogP contribution in [0.3, 0.4) is 0 Å². The van der Waals surface area contributed by atoms with Gasteiger partial charge in [-0.25, -0.2) is 0 Å². The molecule has 0 aliphatic heterocycles. The third-order valence-corrected chi connectivity index (χ3v) is 2.51. The topological polar surface area (TPSA) is 53.5 Å². The van der Waals surface area contributed by atoms with Crippen LogP contribution in [0.25, 0.3) is 0 Å². The van der Waals surface area contributed by atoms with Gasteiger partial charge in [0.2, 0.25) is 12.3 Å². The zero-order valence-electron chi connectivity index (χ0n) is 9.73. The van der Waals surface area contributed by atoms with Gasteiger partial charge in [-0.15, -0.1) is 0 Å². The highest BCUT2D eigenvalue weighted by molar-refractivity contribution is 5.94. The van der Waals surface area contributed by atoms with Gasteiger partial charge in [-0.1, -0.05) is 35.5 Å². The lowest BCUT2D eigenvalue weighted by molar-refractivity contribution is -0.683. The molecule has 0 aliphatic carbocycles. The molecule has 2 rings (SSSR count). The number of benzene rings is 1. The number of carbonyl (C=O) groups excluding carboxylic acids is 1. The number of aromatic nitrogens is 1. The van der Waals surface area contributed by atoms with Crippen LogP contribution in [0.15, 0.2) is 60.0 Å². The minimum Gasteiger partial charge on any atom is -0.411 e. The molecule has 0 amide bonds. The number of oxime groups is 1. The van der Waals surface area contributed by atoms with Crippen molar-refractivity contribution in [1.82, 2.24) is 0 Å². The number of pyridine rings is 1. The average molecular weight is 241 g/mol. The van der Waals surface area contributed by atoms with Crippen molar-refractivity contribution in [3.05, 3.63) is 66.0 Å². The fraction of sp³-hybridized carbons (Fsp3) is 0.0714. The summed E-state index contributed by atoms with van der Waals surface area (Å²) in [5, 5.41) is 11.4. The van der Waals surface area contributed by atoms with Crippen LogP contribution in [0.2, 0.25) is 0 Å². The first-order chi connectivity index (χ1) is 8.79. The van der Waals surface area contributed by atoms with Crippen LogP contribution in [0.5, 0.6) is 0 Å². The fourth-order valence-corrected chi connectivity index (χ4v) is 1.66. The molecule has 4 nitrogen and oxygen atoms in total. The quantitative estimate of drug-likeness (QED) is 0.291. The van der Waals surface area contributed by atoms with Crippen molar-refractivity contribution < 1.29 is 14.6 Å². The summed E-state index contributed by atoms with van der Waals surface area (Å²) < 4.78 is 1.76. The second-order valence-corrected chi connectivity index (χ2v) is 3.84. The summed E-state index contributed by atoms with van der Waals surface area (Å²) >= 11 is 0. The zero-order valence-corrected chi connectivity index (χ0v) is 9.73. The average Bonchev–Trinajstić information content (AvgIpc) is 2.40. The van der Waals surface area contributed by atoms with Gasteiger partial charge in [-0.2, -0.15) is 4.57 Å². The summed E-state index contributed by atoms with van der Waals surface area (Å²) in [5.74, 6) is 0.0405. The number of Topliss-reactive ketones (excluding diaryl/α,β-unsaturated/α-hetero) is 1.